The molecule has 0 saturated heterocycles. The molecule has 0 heterocycles. The van der Waals surface area contributed by atoms with Crippen LogP contribution < -0.4 is 10.6 Å². The third-order valence-corrected chi connectivity index (χ3v) is 3.64. The van der Waals surface area contributed by atoms with Crippen molar-refractivity contribution >= 4 is 18.3 Å². The maximum absolute atomic E-state index is 12.1. The van der Waals surface area contributed by atoms with Crippen LogP contribution >= 0.6 is 12.4 Å². The predicted molar refractivity (Wildman–Crippen MR) is 80.6 cm³/mol. The lowest BCUT2D eigenvalue weighted by Crippen LogP contribution is -2.37. The average molecular weight is 283 g/mol. The number of amides is 1. The molecule has 1 aliphatic rings. The molecule has 2 N–H and O–H groups in total. The fourth-order valence-corrected chi connectivity index (χ4v) is 2.62. The largest absolute Gasteiger partial charge is 0.349 e. The molecule has 1 amide bonds. The molecule has 106 valence electrons. The summed E-state index contributed by atoms with van der Waals surface area (Å²) in [7, 11) is 1.87. The summed E-state index contributed by atoms with van der Waals surface area (Å²) in [6, 6.07) is 8.64. The normalized spacial score (nSPS) is 18.9. The Morgan fingerprint density at radius 2 is 2.16 bits per heavy atom. The highest BCUT2D eigenvalue weighted by Gasteiger charge is 2.23. The van der Waals surface area contributed by atoms with Gasteiger partial charge in [-0.05, 0) is 37.4 Å². The topological polar surface area (TPSA) is 41.1 Å². The molecule has 0 bridgehead atoms. The van der Waals surface area contributed by atoms with Gasteiger partial charge in [-0.25, -0.2) is 0 Å². The second-order valence-corrected chi connectivity index (χ2v) is 5.11. The molecule has 4 heteroatoms. The van der Waals surface area contributed by atoms with Gasteiger partial charge in [-0.3, -0.25) is 4.79 Å². The van der Waals surface area contributed by atoms with Crippen molar-refractivity contribution in [1.82, 2.24) is 10.6 Å². The van der Waals surface area contributed by atoms with Gasteiger partial charge >= 0.3 is 0 Å². The first-order chi connectivity index (χ1) is 8.72. The zero-order chi connectivity index (χ0) is 13.0. The Morgan fingerprint density at radius 1 is 1.42 bits per heavy atom. The van der Waals surface area contributed by atoms with E-state index in [1.54, 1.807) is 0 Å². The van der Waals surface area contributed by atoms with Crippen molar-refractivity contribution in [3.05, 3.63) is 35.4 Å². The van der Waals surface area contributed by atoms with Crippen molar-refractivity contribution in [1.29, 1.82) is 0 Å². The fourth-order valence-electron chi connectivity index (χ4n) is 2.62. The van der Waals surface area contributed by atoms with E-state index < -0.39 is 0 Å². The first kappa shape index (κ1) is 16.0. The van der Waals surface area contributed by atoms with Crippen molar-refractivity contribution in [2.75, 3.05) is 13.6 Å². The van der Waals surface area contributed by atoms with Crippen molar-refractivity contribution < 1.29 is 4.79 Å². The zero-order valence-corrected chi connectivity index (χ0v) is 12.4. The Kier molecular flexibility index (Phi) is 6.32. The van der Waals surface area contributed by atoms with Crippen LogP contribution in [0.15, 0.2) is 24.3 Å². The molecular weight excluding hydrogens is 260 g/mol. The van der Waals surface area contributed by atoms with Crippen LogP contribution in [0, 0.1) is 5.92 Å². The number of carbonyl (C=O) groups is 1. The van der Waals surface area contributed by atoms with Crippen molar-refractivity contribution in [3.8, 4) is 0 Å². The van der Waals surface area contributed by atoms with Gasteiger partial charge in [-0.2, -0.15) is 0 Å². The highest BCUT2D eigenvalue weighted by atomic mass is 35.5. The van der Waals surface area contributed by atoms with Gasteiger partial charge in [0.25, 0.3) is 0 Å². The summed E-state index contributed by atoms with van der Waals surface area (Å²) in [6.07, 6.45) is 3.34. The van der Waals surface area contributed by atoms with Crippen molar-refractivity contribution in [2.24, 2.45) is 5.92 Å². The molecule has 0 fully saturated rings. The summed E-state index contributed by atoms with van der Waals surface area (Å²) in [6.45, 7) is 2.68. The number of fused-ring (bicyclic) bond motifs is 1. The predicted octanol–water partition coefficient (Wildman–Crippen LogP) is 2.46. The summed E-state index contributed by atoms with van der Waals surface area (Å²) in [5.41, 5.74) is 2.68. The zero-order valence-electron chi connectivity index (χ0n) is 11.6. The number of hydrogen-bond donors (Lipinski definition) is 2. The second kappa shape index (κ2) is 7.51. The molecular formula is C15H23ClN2O. The molecule has 0 aromatic heterocycles. The summed E-state index contributed by atoms with van der Waals surface area (Å²) in [5.74, 6) is 0.162. The lowest BCUT2D eigenvalue weighted by atomic mass is 9.87. The fraction of sp³-hybridized carbons (Fsp3) is 0.533. The van der Waals surface area contributed by atoms with Crippen LogP contribution in [0.2, 0.25) is 0 Å². The molecule has 2 atom stereocenters. The third-order valence-electron chi connectivity index (χ3n) is 3.64. The number of nitrogens with one attached hydrogen (secondary N) is 2. The van der Waals surface area contributed by atoms with E-state index in [9.17, 15) is 4.79 Å². The molecule has 3 nitrogen and oxygen atoms in total. The van der Waals surface area contributed by atoms with Gasteiger partial charge in [0, 0.05) is 12.5 Å². The summed E-state index contributed by atoms with van der Waals surface area (Å²) in [5, 5.41) is 6.22. The van der Waals surface area contributed by atoms with Crippen LogP contribution in [0.5, 0.6) is 0 Å². The molecule has 0 aliphatic heterocycles. The van der Waals surface area contributed by atoms with E-state index in [0.29, 0.717) is 0 Å². The van der Waals surface area contributed by atoms with Gasteiger partial charge < -0.3 is 10.6 Å². The number of rotatable bonds is 4. The Labute approximate surface area is 121 Å². The van der Waals surface area contributed by atoms with E-state index in [1.807, 2.05) is 14.0 Å². The van der Waals surface area contributed by atoms with E-state index in [2.05, 4.69) is 34.9 Å². The number of aryl methyl sites for hydroxylation is 1. The Balaban J connectivity index is 0.00000180. The maximum Gasteiger partial charge on any atom is 0.224 e. The minimum absolute atomic E-state index is 0. The van der Waals surface area contributed by atoms with Gasteiger partial charge in [0.2, 0.25) is 5.91 Å². The molecule has 19 heavy (non-hydrogen) atoms. The van der Waals surface area contributed by atoms with Crippen LogP contribution in [0.3, 0.4) is 0 Å². The Bertz CT molecular complexity index is 422. The molecule has 1 aromatic rings. The van der Waals surface area contributed by atoms with E-state index in [1.165, 1.54) is 11.1 Å². The lowest BCUT2D eigenvalue weighted by molar-refractivity contribution is -0.125. The lowest BCUT2D eigenvalue weighted by Gasteiger charge is -2.27. The van der Waals surface area contributed by atoms with Gasteiger partial charge in [0.15, 0.2) is 0 Å². The minimum Gasteiger partial charge on any atom is -0.349 e. The average Bonchev–Trinajstić information content (AvgIpc) is 2.39. The van der Waals surface area contributed by atoms with Crippen molar-refractivity contribution in [2.45, 2.75) is 32.2 Å². The van der Waals surface area contributed by atoms with E-state index >= 15 is 0 Å². The maximum atomic E-state index is 12.1. The first-order valence-electron chi connectivity index (χ1n) is 6.75. The van der Waals surface area contributed by atoms with Crippen LogP contribution in [-0.2, 0) is 11.2 Å². The van der Waals surface area contributed by atoms with E-state index in [4.69, 9.17) is 0 Å². The summed E-state index contributed by atoms with van der Waals surface area (Å²) in [4.78, 5) is 12.1. The minimum atomic E-state index is 0. The number of carbonyl (C=O) groups excluding carboxylic acids is 1. The smallest absolute Gasteiger partial charge is 0.224 e. The molecule has 0 spiro atoms. The Morgan fingerprint density at radius 3 is 2.89 bits per heavy atom. The second-order valence-electron chi connectivity index (χ2n) is 5.11. The van der Waals surface area contributed by atoms with Gasteiger partial charge in [0.05, 0.1) is 6.04 Å². The monoisotopic (exact) mass is 282 g/mol. The van der Waals surface area contributed by atoms with Gasteiger partial charge in [-0.1, -0.05) is 31.2 Å². The van der Waals surface area contributed by atoms with Crippen molar-refractivity contribution in [3.63, 3.8) is 0 Å². The standard InChI is InChI=1S/C15H22N2O.ClH/c1-11(10-16-2)15(18)17-14-9-5-7-12-6-3-4-8-13(12)14;/h3-4,6,8,11,14,16H,5,7,9-10H2,1-2H3,(H,17,18);1H. The van der Waals surface area contributed by atoms with Crippen LogP contribution in [-0.4, -0.2) is 19.5 Å². The van der Waals surface area contributed by atoms with Crippen LogP contribution in [0.1, 0.15) is 36.9 Å². The Hall–Kier alpha value is -1.06. The highest BCUT2D eigenvalue weighted by Crippen LogP contribution is 2.29. The molecule has 2 unspecified atom stereocenters. The molecule has 0 saturated carbocycles. The SMILES string of the molecule is CNCC(C)C(=O)NC1CCCc2ccccc21.Cl. The quantitative estimate of drug-likeness (QED) is 0.891. The first-order valence-corrected chi connectivity index (χ1v) is 6.75. The summed E-state index contributed by atoms with van der Waals surface area (Å²) >= 11 is 0. The number of hydrogen-bond acceptors (Lipinski definition) is 2. The summed E-state index contributed by atoms with van der Waals surface area (Å²) < 4.78 is 0. The number of halogens is 1. The van der Waals surface area contributed by atoms with E-state index in [0.717, 1.165) is 25.8 Å². The number of benzene rings is 1. The van der Waals surface area contributed by atoms with Gasteiger partial charge in [0.1, 0.15) is 0 Å². The molecule has 2 rings (SSSR count). The van der Waals surface area contributed by atoms with E-state index in [-0.39, 0.29) is 30.3 Å². The van der Waals surface area contributed by atoms with Crippen LogP contribution in [0.25, 0.3) is 0 Å². The molecule has 1 aliphatic carbocycles. The molecule has 0 radical (unpaired) electrons. The van der Waals surface area contributed by atoms with Gasteiger partial charge in [-0.15, -0.1) is 12.4 Å². The highest BCUT2D eigenvalue weighted by molar-refractivity contribution is 5.85. The molecule has 1 aromatic carbocycles. The van der Waals surface area contributed by atoms with Crippen LogP contribution in [0.4, 0.5) is 0 Å². The third kappa shape index (κ3) is 3.95.